The first-order valence-electron chi connectivity index (χ1n) is 5.50. The van der Waals surface area contributed by atoms with E-state index in [4.69, 9.17) is 5.73 Å². The predicted octanol–water partition coefficient (Wildman–Crippen LogP) is 2.34. The first kappa shape index (κ1) is 16.4. The van der Waals surface area contributed by atoms with E-state index < -0.39 is 10.0 Å². The Hall–Kier alpha value is 0.340. The standard InChI is InChI=1S/C10H15BrN2O2S2.ClH/c11-9-4-5-10(16-9)17(14,15)13-8-3-1-2-7(8)6-12;/h4-5,7-8,13H,1-3,6,12H2;1H. The van der Waals surface area contributed by atoms with Crippen LogP contribution < -0.4 is 10.5 Å². The van der Waals surface area contributed by atoms with Crippen LogP contribution in [-0.4, -0.2) is 21.0 Å². The van der Waals surface area contributed by atoms with E-state index in [2.05, 4.69) is 20.7 Å². The van der Waals surface area contributed by atoms with Crippen LogP contribution in [0.1, 0.15) is 19.3 Å². The summed E-state index contributed by atoms with van der Waals surface area (Å²) in [4.78, 5) is 0. The van der Waals surface area contributed by atoms with Crippen molar-refractivity contribution in [2.24, 2.45) is 11.7 Å². The highest BCUT2D eigenvalue weighted by molar-refractivity contribution is 9.11. The van der Waals surface area contributed by atoms with Crippen molar-refractivity contribution in [1.82, 2.24) is 4.72 Å². The number of nitrogens with one attached hydrogen (secondary N) is 1. The largest absolute Gasteiger partial charge is 0.330 e. The van der Waals surface area contributed by atoms with Gasteiger partial charge in [-0.05, 0) is 53.4 Å². The Morgan fingerprint density at radius 2 is 2.17 bits per heavy atom. The monoisotopic (exact) mass is 374 g/mol. The summed E-state index contributed by atoms with van der Waals surface area (Å²) in [5, 5.41) is 0. The third kappa shape index (κ3) is 3.68. The van der Waals surface area contributed by atoms with Crippen molar-refractivity contribution in [2.45, 2.75) is 29.5 Å². The van der Waals surface area contributed by atoms with Crippen LogP contribution in [0.5, 0.6) is 0 Å². The van der Waals surface area contributed by atoms with Gasteiger partial charge in [0, 0.05) is 6.04 Å². The van der Waals surface area contributed by atoms with Crippen LogP contribution in [0.15, 0.2) is 20.1 Å². The Morgan fingerprint density at radius 3 is 2.72 bits per heavy atom. The number of halogens is 2. The molecule has 1 aromatic heterocycles. The third-order valence-electron chi connectivity index (χ3n) is 3.08. The molecule has 0 aliphatic heterocycles. The summed E-state index contributed by atoms with van der Waals surface area (Å²) < 4.78 is 28.1. The molecule has 0 bridgehead atoms. The summed E-state index contributed by atoms with van der Waals surface area (Å²) in [6.45, 7) is 0.543. The van der Waals surface area contributed by atoms with E-state index in [9.17, 15) is 8.42 Å². The molecule has 8 heteroatoms. The van der Waals surface area contributed by atoms with Crippen LogP contribution in [-0.2, 0) is 10.0 Å². The number of rotatable bonds is 4. The first-order chi connectivity index (χ1) is 8.03. The van der Waals surface area contributed by atoms with Crippen molar-refractivity contribution < 1.29 is 8.42 Å². The average Bonchev–Trinajstić information content (AvgIpc) is 2.86. The third-order valence-corrected chi connectivity index (χ3v) is 6.69. The van der Waals surface area contributed by atoms with E-state index in [1.807, 2.05) is 0 Å². The van der Waals surface area contributed by atoms with E-state index in [0.29, 0.717) is 10.8 Å². The number of nitrogens with two attached hydrogens (primary N) is 1. The maximum absolute atomic E-state index is 12.1. The Labute approximate surface area is 126 Å². The van der Waals surface area contributed by atoms with Gasteiger partial charge in [0.15, 0.2) is 0 Å². The van der Waals surface area contributed by atoms with Gasteiger partial charge < -0.3 is 5.73 Å². The van der Waals surface area contributed by atoms with Crippen LogP contribution in [0.25, 0.3) is 0 Å². The van der Waals surface area contributed by atoms with Gasteiger partial charge in [0.1, 0.15) is 4.21 Å². The van der Waals surface area contributed by atoms with Gasteiger partial charge in [-0.2, -0.15) is 0 Å². The Kier molecular flexibility index (Phi) is 6.08. The van der Waals surface area contributed by atoms with Crippen LogP contribution in [0.4, 0.5) is 0 Å². The molecule has 0 saturated heterocycles. The summed E-state index contributed by atoms with van der Waals surface area (Å²) in [5.74, 6) is 0.271. The lowest BCUT2D eigenvalue weighted by atomic mass is 10.1. The molecule has 0 radical (unpaired) electrons. The van der Waals surface area contributed by atoms with Crippen molar-refractivity contribution >= 4 is 49.7 Å². The molecule has 1 fully saturated rings. The topological polar surface area (TPSA) is 72.2 Å². The molecule has 1 heterocycles. The fourth-order valence-electron chi connectivity index (χ4n) is 2.17. The quantitative estimate of drug-likeness (QED) is 0.848. The molecule has 1 saturated carbocycles. The van der Waals surface area contributed by atoms with E-state index in [1.165, 1.54) is 11.3 Å². The van der Waals surface area contributed by atoms with E-state index >= 15 is 0 Å². The maximum Gasteiger partial charge on any atom is 0.250 e. The molecule has 18 heavy (non-hydrogen) atoms. The second kappa shape index (κ2) is 6.67. The summed E-state index contributed by atoms with van der Waals surface area (Å²) in [5.41, 5.74) is 5.65. The molecule has 0 aromatic carbocycles. The molecular weight excluding hydrogens is 360 g/mol. The number of hydrogen-bond acceptors (Lipinski definition) is 4. The number of hydrogen-bond donors (Lipinski definition) is 2. The second-order valence-electron chi connectivity index (χ2n) is 4.21. The van der Waals surface area contributed by atoms with E-state index in [-0.39, 0.29) is 24.4 Å². The first-order valence-corrected chi connectivity index (χ1v) is 8.60. The fraction of sp³-hybridized carbons (Fsp3) is 0.600. The minimum atomic E-state index is -3.38. The zero-order valence-electron chi connectivity index (χ0n) is 9.63. The Bertz CT molecular complexity index is 492. The molecule has 104 valence electrons. The van der Waals surface area contributed by atoms with Gasteiger partial charge in [-0.3, -0.25) is 0 Å². The normalized spacial score (nSPS) is 23.9. The molecule has 1 aromatic rings. The molecule has 2 rings (SSSR count). The lowest BCUT2D eigenvalue weighted by Gasteiger charge is -2.18. The molecule has 0 spiro atoms. The van der Waals surface area contributed by atoms with Gasteiger partial charge in [-0.15, -0.1) is 23.7 Å². The van der Waals surface area contributed by atoms with Crippen molar-refractivity contribution in [3.8, 4) is 0 Å². The molecule has 0 amide bonds. The molecule has 1 aliphatic rings. The van der Waals surface area contributed by atoms with Crippen molar-refractivity contribution in [2.75, 3.05) is 6.54 Å². The zero-order valence-corrected chi connectivity index (χ0v) is 13.7. The zero-order chi connectivity index (χ0) is 12.5. The number of thiophene rings is 1. The minimum absolute atomic E-state index is 0. The summed E-state index contributed by atoms with van der Waals surface area (Å²) >= 11 is 4.49. The van der Waals surface area contributed by atoms with Crippen LogP contribution in [0.2, 0.25) is 0 Å². The highest BCUT2D eigenvalue weighted by Gasteiger charge is 2.30. The Balaban J connectivity index is 0.00000162. The average molecular weight is 376 g/mol. The second-order valence-corrected chi connectivity index (χ2v) is 8.62. The van der Waals surface area contributed by atoms with Gasteiger partial charge in [-0.25, -0.2) is 13.1 Å². The SMILES string of the molecule is Cl.NCC1CCCC1NS(=O)(=O)c1ccc(Br)s1. The van der Waals surface area contributed by atoms with Gasteiger partial charge in [0.05, 0.1) is 3.79 Å². The molecular formula is C10H16BrClN2O2S2. The molecule has 4 nitrogen and oxygen atoms in total. The molecule has 2 unspecified atom stereocenters. The lowest BCUT2D eigenvalue weighted by Crippen LogP contribution is -2.39. The number of sulfonamides is 1. The highest BCUT2D eigenvalue weighted by atomic mass is 79.9. The molecule has 1 aliphatic carbocycles. The summed E-state index contributed by atoms with van der Waals surface area (Å²) in [6.07, 6.45) is 2.94. The summed E-state index contributed by atoms with van der Waals surface area (Å²) in [6, 6.07) is 3.35. The lowest BCUT2D eigenvalue weighted by molar-refractivity contribution is 0.453. The highest BCUT2D eigenvalue weighted by Crippen LogP contribution is 2.29. The van der Waals surface area contributed by atoms with Crippen LogP contribution >= 0.6 is 39.7 Å². The summed E-state index contributed by atoms with van der Waals surface area (Å²) in [7, 11) is -3.38. The van der Waals surface area contributed by atoms with Crippen molar-refractivity contribution in [1.29, 1.82) is 0 Å². The Morgan fingerprint density at radius 1 is 1.44 bits per heavy atom. The predicted molar refractivity (Wildman–Crippen MR) is 79.8 cm³/mol. The van der Waals surface area contributed by atoms with Gasteiger partial charge >= 0.3 is 0 Å². The van der Waals surface area contributed by atoms with E-state index in [1.54, 1.807) is 12.1 Å². The molecule has 2 atom stereocenters. The van der Waals surface area contributed by atoms with Crippen molar-refractivity contribution in [3.05, 3.63) is 15.9 Å². The van der Waals surface area contributed by atoms with Crippen molar-refractivity contribution in [3.63, 3.8) is 0 Å². The smallest absolute Gasteiger partial charge is 0.250 e. The van der Waals surface area contributed by atoms with Crippen LogP contribution in [0.3, 0.4) is 0 Å². The van der Waals surface area contributed by atoms with Gasteiger partial charge in [-0.1, -0.05) is 6.42 Å². The van der Waals surface area contributed by atoms with Gasteiger partial charge in [0.2, 0.25) is 10.0 Å². The minimum Gasteiger partial charge on any atom is -0.330 e. The molecule has 3 N–H and O–H groups in total. The maximum atomic E-state index is 12.1. The van der Waals surface area contributed by atoms with E-state index in [0.717, 1.165) is 23.0 Å². The van der Waals surface area contributed by atoms with Crippen LogP contribution in [0, 0.1) is 5.92 Å². The van der Waals surface area contributed by atoms with Gasteiger partial charge in [0.25, 0.3) is 0 Å². The fourth-order valence-corrected chi connectivity index (χ4v) is 5.54.